The molecule has 0 aliphatic heterocycles. The topological polar surface area (TPSA) is 44.5 Å². The molecule has 1 aromatic rings. The summed E-state index contributed by atoms with van der Waals surface area (Å²) in [7, 11) is 0. The van der Waals surface area contributed by atoms with E-state index in [2.05, 4.69) is 26.0 Å². The van der Waals surface area contributed by atoms with Crippen LogP contribution in [-0.2, 0) is 6.42 Å². The summed E-state index contributed by atoms with van der Waals surface area (Å²) in [4.78, 5) is 0. The Balaban J connectivity index is 2.67. The Morgan fingerprint density at radius 3 is 2.58 bits per heavy atom. The maximum atomic E-state index is 5.81. The quantitative estimate of drug-likeness (QED) is 0.744. The van der Waals surface area contributed by atoms with Crippen LogP contribution >= 0.6 is 0 Å². The molecule has 0 atom stereocenters. The van der Waals surface area contributed by atoms with E-state index < -0.39 is 0 Å². The molecule has 1 rings (SSSR count). The number of benzene rings is 1. The number of ether oxygens (including phenoxy) is 2. The lowest BCUT2D eigenvalue weighted by molar-refractivity contribution is 0.261. The molecule has 0 bridgehead atoms. The fourth-order valence-electron chi connectivity index (χ4n) is 1.81. The molecule has 108 valence electrons. The van der Waals surface area contributed by atoms with E-state index in [9.17, 15) is 0 Å². The van der Waals surface area contributed by atoms with Crippen LogP contribution in [-0.4, -0.2) is 19.8 Å². The number of aryl methyl sites for hydroxylation is 1. The Morgan fingerprint density at radius 1 is 1.16 bits per heavy atom. The van der Waals surface area contributed by atoms with Crippen molar-refractivity contribution in [1.29, 1.82) is 0 Å². The standard InChI is InChI=1S/C16H27NO2/c1-4-18-16-12-14(6-5-10-17)7-8-15(16)19-11-9-13(2)3/h7-8,12-13H,4-6,9-11,17H2,1-3H3. The van der Waals surface area contributed by atoms with Crippen molar-refractivity contribution in [3.8, 4) is 11.5 Å². The summed E-state index contributed by atoms with van der Waals surface area (Å²) in [6, 6.07) is 6.18. The Bertz CT molecular complexity index is 364. The van der Waals surface area contributed by atoms with Crippen LogP contribution < -0.4 is 15.2 Å². The number of rotatable bonds is 9. The minimum atomic E-state index is 0.652. The SMILES string of the molecule is CCOc1cc(CCCN)ccc1OCCC(C)C. The number of hydrogen-bond donors (Lipinski definition) is 1. The van der Waals surface area contributed by atoms with Crippen LogP contribution in [0.15, 0.2) is 18.2 Å². The zero-order valence-corrected chi connectivity index (χ0v) is 12.4. The summed E-state index contributed by atoms with van der Waals surface area (Å²) in [5.41, 5.74) is 6.80. The molecule has 0 aromatic heterocycles. The minimum Gasteiger partial charge on any atom is -0.490 e. The van der Waals surface area contributed by atoms with E-state index in [-0.39, 0.29) is 0 Å². The van der Waals surface area contributed by atoms with Gasteiger partial charge in [0.2, 0.25) is 0 Å². The summed E-state index contributed by atoms with van der Waals surface area (Å²) in [5, 5.41) is 0. The molecule has 3 nitrogen and oxygen atoms in total. The highest BCUT2D eigenvalue weighted by Gasteiger charge is 2.07. The van der Waals surface area contributed by atoms with Gasteiger partial charge in [-0.25, -0.2) is 0 Å². The van der Waals surface area contributed by atoms with Gasteiger partial charge < -0.3 is 15.2 Å². The van der Waals surface area contributed by atoms with Gasteiger partial charge in [-0.05, 0) is 56.3 Å². The molecule has 0 amide bonds. The lowest BCUT2D eigenvalue weighted by atomic mass is 10.1. The zero-order chi connectivity index (χ0) is 14.1. The van der Waals surface area contributed by atoms with E-state index in [1.54, 1.807) is 0 Å². The zero-order valence-electron chi connectivity index (χ0n) is 12.4. The normalized spacial score (nSPS) is 10.8. The van der Waals surface area contributed by atoms with Crippen molar-refractivity contribution in [3.63, 3.8) is 0 Å². The van der Waals surface area contributed by atoms with Gasteiger partial charge in [0.15, 0.2) is 11.5 Å². The molecule has 0 aliphatic rings. The van der Waals surface area contributed by atoms with E-state index in [4.69, 9.17) is 15.2 Å². The van der Waals surface area contributed by atoms with Gasteiger partial charge in [-0.3, -0.25) is 0 Å². The molecule has 0 radical (unpaired) electrons. The van der Waals surface area contributed by atoms with Crippen LogP contribution in [0.1, 0.15) is 39.2 Å². The third-order valence-corrected chi connectivity index (χ3v) is 2.93. The fraction of sp³-hybridized carbons (Fsp3) is 0.625. The first-order chi connectivity index (χ1) is 9.17. The van der Waals surface area contributed by atoms with Crippen molar-refractivity contribution >= 4 is 0 Å². The molecule has 0 aliphatic carbocycles. The number of hydrogen-bond acceptors (Lipinski definition) is 3. The van der Waals surface area contributed by atoms with Crippen molar-refractivity contribution in [2.24, 2.45) is 11.7 Å². The molecule has 0 spiro atoms. The summed E-state index contributed by atoms with van der Waals surface area (Å²) >= 11 is 0. The largest absolute Gasteiger partial charge is 0.490 e. The first-order valence-electron chi connectivity index (χ1n) is 7.26. The van der Waals surface area contributed by atoms with Crippen LogP contribution in [0.4, 0.5) is 0 Å². The van der Waals surface area contributed by atoms with E-state index in [0.29, 0.717) is 12.5 Å². The monoisotopic (exact) mass is 265 g/mol. The van der Waals surface area contributed by atoms with Gasteiger partial charge in [-0.1, -0.05) is 19.9 Å². The van der Waals surface area contributed by atoms with Crippen LogP contribution in [0.3, 0.4) is 0 Å². The molecule has 0 saturated carbocycles. The summed E-state index contributed by atoms with van der Waals surface area (Å²) in [6.45, 7) is 8.49. The Kier molecular flexibility index (Phi) is 7.34. The van der Waals surface area contributed by atoms with Gasteiger partial charge in [-0.2, -0.15) is 0 Å². The fourth-order valence-corrected chi connectivity index (χ4v) is 1.81. The first kappa shape index (κ1) is 15.8. The molecule has 0 fully saturated rings. The van der Waals surface area contributed by atoms with Crippen molar-refractivity contribution in [1.82, 2.24) is 0 Å². The average molecular weight is 265 g/mol. The minimum absolute atomic E-state index is 0.652. The second kappa shape index (κ2) is 8.81. The molecule has 0 saturated heterocycles. The Labute approximate surface area is 117 Å². The maximum absolute atomic E-state index is 5.81. The molecule has 0 heterocycles. The molecule has 0 unspecified atom stereocenters. The van der Waals surface area contributed by atoms with E-state index in [1.807, 2.05) is 13.0 Å². The van der Waals surface area contributed by atoms with E-state index in [1.165, 1.54) is 5.56 Å². The highest BCUT2D eigenvalue weighted by molar-refractivity contribution is 5.43. The van der Waals surface area contributed by atoms with E-state index >= 15 is 0 Å². The van der Waals surface area contributed by atoms with Gasteiger partial charge in [0.05, 0.1) is 13.2 Å². The first-order valence-corrected chi connectivity index (χ1v) is 7.26. The van der Waals surface area contributed by atoms with Crippen molar-refractivity contribution < 1.29 is 9.47 Å². The highest BCUT2D eigenvalue weighted by Crippen LogP contribution is 2.29. The smallest absolute Gasteiger partial charge is 0.161 e. The summed E-state index contributed by atoms with van der Waals surface area (Å²) in [5.74, 6) is 2.35. The van der Waals surface area contributed by atoms with Gasteiger partial charge in [0.25, 0.3) is 0 Å². The van der Waals surface area contributed by atoms with Crippen LogP contribution in [0.2, 0.25) is 0 Å². The molecule has 3 heteroatoms. The van der Waals surface area contributed by atoms with Crippen LogP contribution in [0.5, 0.6) is 11.5 Å². The molecular weight excluding hydrogens is 238 g/mol. The van der Waals surface area contributed by atoms with Crippen molar-refractivity contribution in [2.45, 2.75) is 40.0 Å². The highest BCUT2D eigenvalue weighted by atomic mass is 16.5. The molecular formula is C16H27NO2. The predicted molar refractivity (Wildman–Crippen MR) is 79.9 cm³/mol. The summed E-state index contributed by atoms with van der Waals surface area (Å²) in [6.07, 6.45) is 3.04. The van der Waals surface area contributed by atoms with Gasteiger partial charge in [0, 0.05) is 0 Å². The van der Waals surface area contributed by atoms with Gasteiger partial charge in [0.1, 0.15) is 0 Å². The maximum Gasteiger partial charge on any atom is 0.161 e. The van der Waals surface area contributed by atoms with E-state index in [0.717, 1.165) is 43.9 Å². The molecule has 2 N–H and O–H groups in total. The lowest BCUT2D eigenvalue weighted by Crippen LogP contribution is -2.04. The summed E-state index contributed by atoms with van der Waals surface area (Å²) < 4.78 is 11.5. The average Bonchev–Trinajstić information content (AvgIpc) is 2.38. The molecule has 1 aromatic carbocycles. The third-order valence-electron chi connectivity index (χ3n) is 2.93. The number of nitrogens with two attached hydrogens (primary N) is 1. The Hall–Kier alpha value is -1.22. The third kappa shape index (κ3) is 5.97. The van der Waals surface area contributed by atoms with Crippen molar-refractivity contribution in [2.75, 3.05) is 19.8 Å². The van der Waals surface area contributed by atoms with Gasteiger partial charge >= 0.3 is 0 Å². The van der Waals surface area contributed by atoms with Crippen LogP contribution in [0, 0.1) is 5.92 Å². The van der Waals surface area contributed by atoms with Crippen molar-refractivity contribution in [3.05, 3.63) is 23.8 Å². The van der Waals surface area contributed by atoms with Gasteiger partial charge in [-0.15, -0.1) is 0 Å². The second-order valence-electron chi connectivity index (χ2n) is 5.14. The Morgan fingerprint density at radius 2 is 1.95 bits per heavy atom. The van der Waals surface area contributed by atoms with Crippen LogP contribution in [0.25, 0.3) is 0 Å². The molecule has 19 heavy (non-hydrogen) atoms. The predicted octanol–water partition coefficient (Wildman–Crippen LogP) is 3.40. The second-order valence-corrected chi connectivity index (χ2v) is 5.14. The lowest BCUT2D eigenvalue weighted by Gasteiger charge is -2.14.